The number of amides is 1. The summed E-state index contributed by atoms with van der Waals surface area (Å²) in [4.78, 5) is 24.2. The summed E-state index contributed by atoms with van der Waals surface area (Å²) in [5.74, 6) is 1.14. The van der Waals surface area contributed by atoms with Gasteiger partial charge in [-0.1, -0.05) is 6.07 Å². The summed E-state index contributed by atoms with van der Waals surface area (Å²) in [5, 5.41) is 0. The normalized spacial score (nSPS) is 19.1. The Bertz CT molecular complexity index is 898. The molecule has 154 valence electrons. The average molecular weight is 408 g/mol. The van der Waals surface area contributed by atoms with E-state index in [0.717, 1.165) is 12.3 Å². The fourth-order valence-electron chi connectivity index (χ4n) is 3.64. The quantitative estimate of drug-likeness (QED) is 0.777. The smallest absolute Gasteiger partial charge is 0.417 e. The lowest BCUT2D eigenvalue weighted by molar-refractivity contribution is -0.137. The van der Waals surface area contributed by atoms with E-state index in [4.69, 9.17) is 9.47 Å². The molecule has 0 radical (unpaired) electrons. The average Bonchev–Trinajstić information content (AvgIpc) is 2.85. The molecule has 2 aliphatic rings. The van der Waals surface area contributed by atoms with Crippen molar-refractivity contribution >= 4 is 17.5 Å². The highest BCUT2D eigenvalue weighted by atomic mass is 19.4. The molecule has 0 bridgehead atoms. The van der Waals surface area contributed by atoms with Crippen LogP contribution in [0.25, 0.3) is 0 Å². The SMILES string of the molecule is COc1cccc(N2CC3(COCC2=O)CN(c2ccc(C(F)(F)F)cn2)C3)n1. The molecule has 2 aliphatic heterocycles. The van der Waals surface area contributed by atoms with Crippen LogP contribution in [0.2, 0.25) is 0 Å². The van der Waals surface area contributed by atoms with Crippen LogP contribution in [0.5, 0.6) is 5.88 Å². The molecule has 2 fully saturated rings. The molecule has 0 atom stereocenters. The van der Waals surface area contributed by atoms with Crippen LogP contribution in [0, 0.1) is 5.41 Å². The predicted octanol–water partition coefficient (Wildman–Crippen LogP) is 2.37. The molecule has 0 unspecified atom stereocenters. The maximum Gasteiger partial charge on any atom is 0.417 e. The van der Waals surface area contributed by atoms with E-state index in [1.165, 1.54) is 13.2 Å². The zero-order valence-corrected chi connectivity index (χ0v) is 15.6. The summed E-state index contributed by atoms with van der Waals surface area (Å²) >= 11 is 0. The summed E-state index contributed by atoms with van der Waals surface area (Å²) in [5.41, 5.74) is -1.13. The number of pyridine rings is 2. The Balaban J connectivity index is 1.49. The second-order valence-electron chi connectivity index (χ2n) is 7.27. The minimum atomic E-state index is -4.42. The summed E-state index contributed by atoms with van der Waals surface area (Å²) < 4.78 is 48.9. The first-order valence-corrected chi connectivity index (χ1v) is 8.97. The molecular weight excluding hydrogens is 389 g/mol. The number of ether oxygens (including phenoxy) is 2. The number of methoxy groups -OCH3 is 1. The van der Waals surface area contributed by atoms with Gasteiger partial charge in [0.15, 0.2) is 0 Å². The third kappa shape index (κ3) is 3.84. The molecule has 7 nitrogen and oxygen atoms in total. The third-order valence-electron chi connectivity index (χ3n) is 5.07. The standard InChI is InChI=1S/C19H19F3N4O3/c1-28-16-4-2-3-15(24-16)26-11-18(12-29-8-17(26)27)9-25(10-18)14-6-5-13(7-23-14)19(20,21)22/h2-7H,8-12H2,1H3. The number of alkyl halides is 3. The zero-order chi connectivity index (χ0) is 20.6. The first-order valence-electron chi connectivity index (χ1n) is 8.97. The van der Waals surface area contributed by atoms with Crippen molar-refractivity contribution in [2.75, 3.05) is 49.8 Å². The van der Waals surface area contributed by atoms with Crippen molar-refractivity contribution in [3.8, 4) is 5.88 Å². The van der Waals surface area contributed by atoms with E-state index in [1.807, 2.05) is 4.90 Å². The second kappa shape index (κ2) is 7.18. The molecule has 2 saturated heterocycles. The van der Waals surface area contributed by atoms with Gasteiger partial charge in [-0.15, -0.1) is 0 Å². The fraction of sp³-hybridized carbons (Fsp3) is 0.421. The molecule has 4 rings (SSSR count). The first kappa shape index (κ1) is 19.4. The lowest BCUT2D eigenvalue weighted by Crippen LogP contribution is -2.63. The van der Waals surface area contributed by atoms with Crippen molar-refractivity contribution in [1.82, 2.24) is 9.97 Å². The Morgan fingerprint density at radius 2 is 1.93 bits per heavy atom. The lowest BCUT2D eigenvalue weighted by Gasteiger charge is -2.51. The van der Waals surface area contributed by atoms with Crippen LogP contribution >= 0.6 is 0 Å². The number of hydrogen-bond donors (Lipinski definition) is 0. The molecule has 1 amide bonds. The predicted molar refractivity (Wildman–Crippen MR) is 97.8 cm³/mol. The van der Waals surface area contributed by atoms with Gasteiger partial charge in [-0.3, -0.25) is 9.69 Å². The monoisotopic (exact) mass is 408 g/mol. The fourth-order valence-corrected chi connectivity index (χ4v) is 3.64. The highest BCUT2D eigenvalue weighted by Gasteiger charge is 2.48. The largest absolute Gasteiger partial charge is 0.481 e. The molecule has 1 spiro atoms. The Morgan fingerprint density at radius 3 is 2.59 bits per heavy atom. The lowest BCUT2D eigenvalue weighted by atomic mass is 9.80. The van der Waals surface area contributed by atoms with Crippen LogP contribution in [0.15, 0.2) is 36.5 Å². The van der Waals surface area contributed by atoms with E-state index >= 15 is 0 Å². The number of rotatable bonds is 3. The van der Waals surface area contributed by atoms with Gasteiger partial charge in [-0.25, -0.2) is 4.98 Å². The highest BCUT2D eigenvalue weighted by Crippen LogP contribution is 2.38. The van der Waals surface area contributed by atoms with E-state index in [0.29, 0.717) is 43.8 Å². The van der Waals surface area contributed by atoms with E-state index in [1.54, 1.807) is 23.1 Å². The van der Waals surface area contributed by atoms with Crippen molar-refractivity contribution < 1.29 is 27.4 Å². The van der Waals surface area contributed by atoms with Gasteiger partial charge < -0.3 is 14.4 Å². The number of carbonyl (C=O) groups is 1. The third-order valence-corrected chi connectivity index (χ3v) is 5.07. The Hall–Kier alpha value is -2.88. The topological polar surface area (TPSA) is 67.8 Å². The van der Waals surface area contributed by atoms with Crippen LogP contribution in [-0.4, -0.2) is 55.8 Å². The summed E-state index contributed by atoms with van der Waals surface area (Å²) in [7, 11) is 1.50. The van der Waals surface area contributed by atoms with Crippen LogP contribution in [0.3, 0.4) is 0 Å². The molecule has 2 aromatic heterocycles. The molecule has 0 N–H and O–H groups in total. The van der Waals surface area contributed by atoms with E-state index < -0.39 is 11.7 Å². The zero-order valence-electron chi connectivity index (χ0n) is 15.6. The summed E-state index contributed by atoms with van der Waals surface area (Å²) in [6.07, 6.45) is -3.58. The number of hydrogen-bond acceptors (Lipinski definition) is 6. The molecule has 0 saturated carbocycles. The van der Waals surface area contributed by atoms with E-state index in [2.05, 4.69) is 9.97 Å². The van der Waals surface area contributed by atoms with Gasteiger partial charge in [0.25, 0.3) is 5.91 Å². The summed E-state index contributed by atoms with van der Waals surface area (Å²) in [6, 6.07) is 7.56. The molecule has 0 aromatic carbocycles. The summed E-state index contributed by atoms with van der Waals surface area (Å²) in [6.45, 7) is 1.73. The van der Waals surface area contributed by atoms with Gasteiger partial charge in [0.05, 0.1) is 19.3 Å². The van der Waals surface area contributed by atoms with E-state index in [9.17, 15) is 18.0 Å². The van der Waals surface area contributed by atoms with Crippen molar-refractivity contribution in [3.63, 3.8) is 0 Å². The van der Waals surface area contributed by atoms with E-state index in [-0.39, 0.29) is 17.9 Å². The molecule has 10 heteroatoms. The van der Waals surface area contributed by atoms with Gasteiger partial charge >= 0.3 is 6.18 Å². The maximum absolute atomic E-state index is 12.7. The van der Waals surface area contributed by atoms with Gasteiger partial charge in [0, 0.05) is 37.3 Å². The van der Waals surface area contributed by atoms with Crippen LogP contribution in [0.4, 0.5) is 24.8 Å². The number of anilines is 2. The van der Waals surface area contributed by atoms with Crippen LogP contribution < -0.4 is 14.5 Å². The van der Waals surface area contributed by atoms with Gasteiger partial charge in [0.2, 0.25) is 5.88 Å². The van der Waals surface area contributed by atoms with Crippen molar-refractivity contribution in [2.45, 2.75) is 6.18 Å². The first-order chi connectivity index (χ1) is 13.8. The van der Waals surface area contributed by atoms with Gasteiger partial charge in [-0.05, 0) is 18.2 Å². The maximum atomic E-state index is 12.7. The van der Waals surface area contributed by atoms with Gasteiger partial charge in [0.1, 0.15) is 18.2 Å². The Kier molecular flexibility index (Phi) is 4.81. The number of carbonyl (C=O) groups excluding carboxylic acids is 1. The van der Waals surface area contributed by atoms with Crippen molar-refractivity contribution in [3.05, 3.63) is 42.1 Å². The Morgan fingerprint density at radius 1 is 1.14 bits per heavy atom. The molecule has 4 heterocycles. The molecule has 2 aromatic rings. The van der Waals surface area contributed by atoms with Gasteiger partial charge in [-0.2, -0.15) is 18.2 Å². The second-order valence-corrected chi connectivity index (χ2v) is 7.27. The molecular formula is C19H19F3N4O3. The van der Waals surface area contributed by atoms with Crippen molar-refractivity contribution in [1.29, 1.82) is 0 Å². The minimum Gasteiger partial charge on any atom is -0.481 e. The molecule has 29 heavy (non-hydrogen) atoms. The number of aromatic nitrogens is 2. The number of nitrogens with zero attached hydrogens (tertiary/aromatic N) is 4. The minimum absolute atomic E-state index is 0.0564. The number of halogens is 3. The van der Waals surface area contributed by atoms with Crippen LogP contribution in [-0.2, 0) is 15.7 Å². The highest BCUT2D eigenvalue weighted by molar-refractivity contribution is 5.93. The van der Waals surface area contributed by atoms with Crippen LogP contribution in [0.1, 0.15) is 5.56 Å². The van der Waals surface area contributed by atoms with Crippen molar-refractivity contribution in [2.24, 2.45) is 5.41 Å². The Labute approximate surface area is 165 Å². The molecule has 0 aliphatic carbocycles.